The number of nitrogens with one attached hydrogen (secondary N) is 1. The number of rotatable bonds is 3. The highest BCUT2D eigenvalue weighted by Crippen LogP contribution is 2.30. The first kappa shape index (κ1) is 17.4. The molecule has 0 spiro atoms. The molecule has 0 bridgehead atoms. The van der Waals surface area contributed by atoms with E-state index in [1.165, 1.54) is 18.3 Å². The van der Waals surface area contributed by atoms with Crippen LogP contribution in [0.2, 0.25) is 0 Å². The van der Waals surface area contributed by atoms with Crippen molar-refractivity contribution in [2.24, 2.45) is 0 Å². The Morgan fingerprint density at radius 3 is 2.42 bits per heavy atom. The van der Waals surface area contributed by atoms with E-state index in [-0.39, 0.29) is 5.69 Å². The summed E-state index contributed by atoms with van der Waals surface area (Å²) in [6, 6.07) is 13.9. The van der Waals surface area contributed by atoms with Crippen LogP contribution in [-0.2, 0) is 6.18 Å². The quantitative estimate of drug-likeness (QED) is 0.778. The van der Waals surface area contributed by atoms with Crippen LogP contribution in [0.1, 0.15) is 16.1 Å². The molecule has 3 rings (SSSR count). The van der Waals surface area contributed by atoms with Gasteiger partial charge in [0.25, 0.3) is 5.91 Å². The highest BCUT2D eigenvalue weighted by molar-refractivity contribution is 6.02. The van der Waals surface area contributed by atoms with Gasteiger partial charge in [0.15, 0.2) is 5.69 Å². The smallest absolute Gasteiger partial charge is 0.320 e. The van der Waals surface area contributed by atoms with Crippen molar-refractivity contribution in [2.45, 2.75) is 6.18 Å². The third kappa shape index (κ3) is 3.80. The molecule has 1 heterocycles. The second kappa shape index (κ2) is 6.83. The molecule has 1 aromatic heterocycles. The van der Waals surface area contributed by atoms with Crippen LogP contribution in [-0.4, -0.2) is 15.7 Å². The molecular formula is C18H12F3N3O2. The van der Waals surface area contributed by atoms with E-state index < -0.39 is 28.8 Å². The Morgan fingerprint density at radius 1 is 1.00 bits per heavy atom. The van der Waals surface area contributed by atoms with Gasteiger partial charge in [0, 0.05) is 18.0 Å². The minimum atomic E-state index is -4.51. The standard InChI is InChI=1S/C18H12F3N3O2/c19-18(20,21)12-5-4-8-14(11-12)24-10-9-15(25)16(23-24)17(26)22-13-6-2-1-3-7-13/h1-11H,(H,22,26). The summed E-state index contributed by atoms with van der Waals surface area (Å²) in [5.74, 6) is -0.748. The highest BCUT2D eigenvalue weighted by Gasteiger charge is 2.30. The average Bonchev–Trinajstić information content (AvgIpc) is 2.62. The van der Waals surface area contributed by atoms with Gasteiger partial charge in [-0.25, -0.2) is 4.68 Å². The number of nitrogens with zero attached hydrogens (tertiary/aromatic N) is 2. The van der Waals surface area contributed by atoms with E-state index in [2.05, 4.69) is 10.4 Å². The van der Waals surface area contributed by atoms with Crippen LogP contribution in [0.3, 0.4) is 0 Å². The SMILES string of the molecule is O=C(Nc1ccccc1)c1nn(-c2cccc(C(F)(F)F)c2)ccc1=O. The van der Waals surface area contributed by atoms with Crippen molar-refractivity contribution in [3.05, 3.63) is 88.3 Å². The summed E-state index contributed by atoms with van der Waals surface area (Å²) < 4.78 is 39.6. The Hall–Kier alpha value is -3.42. The van der Waals surface area contributed by atoms with Crippen LogP contribution in [0, 0.1) is 0 Å². The summed E-state index contributed by atoms with van der Waals surface area (Å²) in [5.41, 5.74) is -1.37. The number of halogens is 3. The summed E-state index contributed by atoms with van der Waals surface area (Å²) in [6.45, 7) is 0. The zero-order valence-electron chi connectivity index (χ0n) is 13.2. The number of aromatic nitrogens is 2. The predicted molar refractivity (Wildman–Crippen MR) is 89.2 cm³/mol. The Balaban J connectivity index is 1.96. The van der Waals surface area contributed by atoms with E-state index >= 15 is 0 Å². The van der Waals surface area contributed by atoms with Crippen LogP contribution in [0.4, 0.5) is 18.9 Å². The zero-order valence-corrected chi connectivity index (χ0v) is 13.2. The molecule has 0 unspecified atom stereocenters. The number of para-hydroxylation sites is 1. The van der Waals surface area contributed by atoms with E-state index in [9.17, 15) is 22.8 Å². The first-order valence-corrected chi connectivity index (χ1v) is 7.48. The number of carbonyl (C=O) groups is 1. The van der Waals surface area contributed by atoms with Crippen LogP contribution in [0.15, 0.2) is 71.7 Å². The topological polar surface area (TPSA) is 64.0 Å². The van der Waals surface area contributed by atoms with E-state index in [4.69, 9.17) is 0 Å². The van der Waals surface area contributed by atoms with Crippen molar-refractivity contribution in [2.75, 3.05) is 5.32 Å². The number of anilines is 1. The van der Waals surface area contributed by atoms with Gasteiger partial charge in [-0.15, -0.1) is 0 Å². The molecule has 0 atom stereocenters. The Labute approximate surface area is 145 Å². The molecule has 0 aliphatic rings. The largest absolute Gasteiger partial charge is 0.416 e. The van der Waals surface area contributed by atoms with Gasteiger partial charge < -0.3 is 5.32 Å². The molecule has 0 saturated carbocycles. The van der Waals surface area contributed by atoms with Crippen LogP contribution in [0.25, 0.3) is 5.69 Å². The molecule has 5 nitrogen and oxygen atoms in total. The lowest BCUT2D eigenvalue weighted by atomic mass is 10.2. The minimum Gasteiger partial charge on any atom is -0.320 e. The fourth-order valence-corrected chi connectivity index (χ4v) is 2.25. The van der Waals surface area contributed by atoms with Crippen molar-refractivity contribution in [1.29, 1.82) is 0 Å². The summed E-state index contributed by atoms with van der Waals surface area (Å²) in [5, 5.41) is 6.41. The molecule has 0 aliphatic heterocycles. The molecule has 1 amide bonds. The van der Waals surface area contributed by atoms with Gasteiger partial charge in [-0.3, -0.25) is 9.59 Å². The number of benzene rings is 2. The van der Waals surface area contributed by atoms with Crippen LogP contribution < -0.4 is 10.7 Å². The molecule has 8 heteroatoms. The zero-order chi connectivity index (χ0) is 18.7. The molecule has 0 saturated heterocycles. The molecular weight excluding hydrogens is 347 g/mol. The van der Waals surface area contributed by atoms with Crippen LogP contribution >= 0.6 is 0 Å². The lowest BCUT2D eigenvalue weighted by molar-refractivity contribution is -0.137. The monoisotopic (exact) mass is 359 g/mol. The van der Waals surface area contributed by atoms with Crippen LogP contribution in [0.5, 0.6) is 0 Å². The normalized spacial score (nSPS) is 11.2. The second-order valence-electron chi connectivity index (χ2n) is 5.34. The van der Waals surface area contributed by atoms with Crippen molar-refractivity contribution in [1.82, 2.24) is 9.78 Å². The predicted octanol–water partition coefficient (Wildman–Crippen LogP) is 3.50. The fraction of sp³-hybridized carbons (Fsp3) is 0.0556. The van der Waals surface area contributed by atoms with Crippen molar-refractivity contribution >= 4 is 11.6 Å². The highest BCUT2D eigenvalue weighted by atomic mass is 19.4. The minimum absolute atomic E-state index is 0.0774. The third-order valence-corrected chi connectivity index (χ3v) is 3.49. The second-order valence-corrected chi connectivity index (χ2v) is 5.34. The molecule has 0 fully saturated rings. The maximum absolute atomic E-state index is 12.9. The molecule has 0 aliphatic carbocycles. The van der Waals surface area contributed by atoms with Gasteiger partial charge in [0.2, 0.25) is 5.43 Å². The van der Waals surface area contributed by atoms with Crippen molar-refractivity contribution < 1.29 is 18.0 Å². The number of carbonyl (C=O) groups excluding carboxylic acids is 1. The average molecular weight is 359 g/mol. The summed E-state index contributed by atoms with van der Waals surface area (Å²) >= 11 is 0. The van der Waals surface area contributed by atoms with Gasteiger partial charge in [-0.2, -0.15) is 18.3 Å². The molecule has 1 N–H and O–H groups in total. The van der Waals surface area contributed by atoms with Gasteiger partial charge in [-0.05, 0) is 30.3 Å². The first-order chi connectivity index (χ1) is 12.3. The van der Waals surface area contributed by atoms with Gasteiger partial charge >= 0.3 is 6.18 Å². The van der Waals surface area contributed by atoms with E-state index in [0.29, 0.717) is 5.69 Å². The first-order valence-electron chi connectivity index (χ1n) is 7.48. The number of alkyl halides is 3. The van der Waals surface area contributed by atoms with Crippen molar-refractivity contribution in [3.63, 3.8) is 0 Å². The van der Waals surface area contributed by atoms with E-state index in [1.54, 1.807) is 30.3 Å². The Morgan fingerprint density at radius 2 is 1.73 bits per heavy atom. The molecule has 3 aromatic rings. The number of hydrogen-bond acceptors (Lipinski definition) is 3. The molecule has 0 radical (unpaired) electrons. The van der Waals surface area contributed by atoms with Crippen molar-refractivity contribution in [3.8, 4) is 5.69 Å². The van der Waals surface area contributed by atoms with Gasteiger partial charge in [0.1, 0.15) is 0 Å². The van der Waals surface area contributed by atoms with E-state index in [0.717, 1.165) is 22.9 Å². The maximum atomic E-state index is 12.9. The lowest BCUT2D eigenvalue weighted by Crippen LogP contribution is -2.25. The lowest BCUT2D eigenvalue weighted by Gasteiger charge is -2.11. The fourth-order valence-electron chi connectivity index (χ4n) is 2.25. The Kier molecular flexibility index (Phi) is 4.57. The third-order valence-electron chi connectivity index (χ3n) is 3.49. The summed E-state index contributed by atoms with van der Waals surface area (Å²) in [4.78, 5) is 24.2. The summed E-state index contributed by atoms with van der Waals surface area (Å²) in [7, 11) is 0. The summed E-state index contributed by atoms with van der Waals surface area (Å²) in [6.07, 6.45) is -3.31. The maximum Gasteiger partial charge on any atom is 0.416 e. The number of amides is 1. The molecule has 132 valence electrons. The Bertz CT molecular complexity index is 998. The van der Waals surface area contributed by atoms with Gasteiger partial charge in [-0.1, -0.05) is 24.3 Å². The van der Waals surface area contributed by atoms with Gasteiger partial charge in [0.05, 0.1) is 11.3 Å². The molecule has 26 heavy (non-hydrogen) atoms. The number of hydrogen-bond donors (Lipinski definition) is 1. The molecule has 2 aromatic carbocycles. The van der Waals surface area contributed by atoms with E-state index in [1.807, 2.05) is 0 Å².